The van der Waals surface area contributed by atoms with E-state index in [0.29, 0.717) is 0 Å². The minimum Gasteiger partial charge on any atom is -0.479 e. The fourth-order valence-electron chi connectivity index (χ4n) is 0.896. The number of aliphatic hydroxyl groups is 1. The van der Waals surface area contributed by atoms with Crippen LogP contribution in [-0.2, 0) is 14.4 Å². The minimum atomic E-state index is -1.53. The van der Waals surface area contributed by atoms with Gasteiger partial charge in [-0.25, -0.2) is 4.79 Å². The van der Waals surface area contributed by atoms with Crippen LogP contribution in [0.4, 0.5) is 0 Å². The third-order valence-electron chi connectivity index (χ3n) is 1.76. The van der Waals surface area contributed by atoms with Gasteiger partial charge in [-0.3, -0.25) is 9.59 Å². The van der Waals surface area contributed by atoms with E-state index in [4.69, 9.17) is 21.7 Å². The molecule has 7 N–H and O–H groups in total. The number of carbonyl (C=O) groups excluding carboxylic acids is 2. The van der Waals surface area contributed by atoms with Gasteiger partial charge in [0.05, 0.1) is 12.5 Å². The largest absolute Gasteiger partial charge is 0.479 e. The van der Waals surface area contributed by atoms with Gasteiger partial charge in [0, 0.05) is 13.0 Å². The molecule has 0 radical (unpaired) electrons. The number of hydrogen-bond acceptors (Lipinski definition) is 5. The first-order valence-electron chi connectivity index (χ1n) is 4.57. The van der Waals surface area contributed by atoms with Gasteiger partial charge in [-0.05, 0) is 0 Å². The standard InChI is InChI=1S/C8H15N3O5/c9-4(3-6(10)13)7(14)11-2-1-5(12)8(15)16/h4-5,12H,1-3,9H2,(H2,10,13)(H,11,14)(H,15,16). The number of aliphatic carboxylic acids is 1. The zero-order chi connectivity index (χ0) is 12.7. The van der Waals surface area contributed by atoms with E-state index in [1.54, 1.807) is 0 Å². The Labute approximate surface area is 91.6 Å². The van der Waals surface area contributed by atoms with Crippen LogP contribution >= 0.6 is 0 Å². The van der Waals surface area contributed by atoms with Crippen LogP contribution in [0, 0.1) is 0 Å². The van der Waals surface area contributed by atoms with Gasteiger partial charge in [-0.2, -0.15) is 0 Å². The molecule has 0 spiro atoms. The SMILES string of the molecule is NC(=O)CC(N)C(=O)NCCC(O)C(=O)O. The molecule has 0 fully saturated rings. The molecule has 0 aliphatic heterocycles. The molecule has 0 bridgehead atoms. The van der Waals surface area contributed by atoms with Crippen molar-refractivity contribution in [3.05, 3.63) is 0 Å². The zero-order valence-corrected chi connectivity index (χ0v) is 8.55. The summed E-state index contributed by atoms with van der Waals surface area (Å²) in [7, 11) is 0. The van der Waals surface area contributed by atoms with Crippen LogP contribution in [0.1, 0.15) is 12.8 Å². The minimum absolute atomic E-state index is 0.0429. The molecule has 2 atom stereocenters. The smallest absolute Gasteiger partial charge is 0.332 e. The van der Waals surface area contributed by atoms with Crippen LogP contribution in [0.2, 0.25) is 0 Å². The number of carbonyl (C=O) groups is 3. The number of aliphatic hydroxyl groups excluding tert-OH is 1. The topological polar surface area (TPSA) is 156 Å². The molecule has 0 aromatic carbocycles. The van der Waals surface area contributed by atoms with Gasteiger partial charge in [0.15, 0.2) is 6.10 Å². The summed E-state index contributed by atoms with van der Waals surface area (Å²) in [5, 5.41) is 19.5. The molecule has 0 saturated heterocycles. The number of carboxylic acids is 1. The van der Waals surface area contributed by atoms with Gasteiger partial charge >= 0.3 is 5.97 Å². The first-order valence-corrected chi connectivity index (χ1v) is 4.57. The van der Waals surface area contributed by atoms with E-state index in [-0.39, 0.29) is 19.4 Å². The maximum atomic E-state index is 11.2. The second kappa shape index (κ2) is 6.75. The van der Waals surface area contributed by atoms with Crippen LogP contribution in [0.25, 0.3) is 0 Å². The van der Waals surface area contributed by atoms with Crippen molar-refractivity contribution in [2.75, 3.05) is 6.54 Å². The highest BCUT2D eigenvalue weighted by Crippen LogP contribution is 1.91. The van der Waals surface area contributed by atoms with Crippen molar-refractivity contribution in [3.8, 4) is 0 Å². The molecule has 0 heterocycles. The molecule has 0 rings (SSSR count). The quantitative estimate of drug-likeness (QED) is 0.318. The van der Waals surface area contributed by atoms with Crippen molar-refractivity contribution < 1.29 is 24.6 Å². The summed E-state index contributed by atoms with van der Waals surface area (Å²) in [5.41, 5.74) is 10.1. The van der Waals surface area contributed by atoms with E-state index >= 15 is 0 Å². The number of carboxylic acid groups (broad SMARTS) is 1. The first-order chi connectivity index (χ1) is 7.34. The van der Waals surface area contributed by atoms with Crippen LogP contribution < -0.4 is 16.8 Å². The summed E-state index contributed by atoms with van der Waals surface area (Å²) >= 11 is 0. The fourth-order valence-corrected chi connectivity index (χ4v) is 0.896. The third kappa shape index (κ3) is 5.94. The Morgan fingerprint density at radius 2 is 1.88 bits per heavy atom. The summed E-state index contributed by atoms with van der Waals surface area (Å²) in [4.78, 5) is 31.8. The summed E-state index contributed by atoms with van der Waals surface area (Å²) in [5.74, 6) is -2.68. The highest BCUT2D eigenvalue weighted by Gasteiger charge is 2.17. The van der Waals surface area contributed by atoms with E-state index in [2.05, 4.69) is 5.32 Å². The van der Waals surface area contributed by atoms with Crippen molar-refractivity contribution >= 4 is 17.8 Å². The van der Waals surface area contributed by atoms with Gasteiger partial charge in [-0.1, -0.05) is 0 Å². The van der Waals surface area contributed by atoms with Gasteiger partial charge in [0.2, 0.25) is 11.8 Å². The lowest BCUT2D eigenvalue weighted by molar-refractivity contribution is -0.147. The number of nitrogens with one attached hydrogen (secondary N) is 1. The van der Waals surface area contributed by atoms with E-state index in [0.717, 1.165) is 0 Å². The van der Waals surface area contributed by atoms with Crippen molar-refractivity contribution in [1.29, 1.82) is 0 Å². The van der Waals surface area contributed by atoms with Crippen LogP contribution in [-0.4, -0.2) is 46.7 Å². The Bertz CT molecular complexity index is 281. The average Bonchev–Trinajstić information content (AvgIpc) is 2.15. The Hall–Kier alpha value is -1.67. The normalized spacial score (nSPS) is 13.9. The molecule has 0 saturated carbocycles. The molecule has 0 aromatic rings. The number of hydrogen-bond donors (Lipinski definition) is 5. The monoisotopic (exact) mass is 233 g/mol. The maximum Gasteiger partial charge on any atom is 0.332 e. The fraction of sp³-hybridized carbons (Fsp3) is 0.625. The Morgan fingerprint density at radius 3 is 2.31 bits per heavy atom. The molecular formula is C8H15N3O5. The predicted molar refractivity (Wildman–Crippen MR) is 53.1 cm³/mol. The van der Waals surface area contributed by atoms with Crippen molar-refractivity contribution in [2.24, 2.45) is 11.5 Å². The second-order valence-corrected chi connectivity index (χ2v) is 3.21. The predicted octanol–water partition coefficient (Wildman–Crippen LogP) is -2.86. The second-order valence-electron chi connectivity index (χ2n) is 3.21. The summed E-state index contributed by atoms with van der Waals surface area (Å²) < 4.78 is 0. The number of nitrogens with two attached hydrogens (primary N) is 2. The average molecular weight is 233 g/mol. The summed E-state index contributed by atoms with van der Waals surface area (Å²) in [6.07, 6.45) is -1.95. The molecule has 92 valence electrons. The molecular weight excluding hydrogens is 218 g/mol. The van der Waals surface area contributed by atoms with Crippen LogP contribution in [0.5, 0.6) is 0 Å². The lowest BCUT2D eigenvalue weighted by Gasteiger charge is -2.11. The molecule has 2 unspecified atom stereocenters. The van der Waals surface area contributed by atoms with Crippen molar-refractivity contribution in [3.63, 3.8) is 0 Å². The Morgan fingerprint density at radius 1 is 1.31 bits per heavy atom. The van der Waals surface area contributed by atoms with Crippen molar-refractivity contribution in [1.82, 2.24) is 5.32 Å². The number of primary amides is 1. The lowest BCUT2D eigenvalue weighted by atomic mass is 10.2. The number of rotatable bonds is 7. The summed E-state index contributed by atoms with van der Waals surface area (Å²) in [6.45, 7) is -0.0429. The first kappa shape index (κ1) is 14.3. The van der Waals surface area contributed by atoms with Gasteiger partial charge in [-0.15, -0.1) is 0 Å². The maximum absolute atomic E-state index is 11.2. The molecule has 16 heavy (non-hydrogen) atoms. The van der Waals surface area contributed by atoms with Gasteiger partial charge < -0.3 is 27.0 Å². The highest BCUT2D eigenvalue weighted by atomic mass is 16.4. The Kier molecular flexibility index (Phi) is 6.04. The molecule has 0 aliphatic rings. The van der Waals surface area contributed by atoms with E-state index in [1.165, 1.54) is 0 Å². The molecule has 8 heteroatoms. The Balaban J connectivity index is 3.81. The van der Waals surface area contributed by atoms with Crippen LogP contribution in [0.3, 0.4) is 0 Å². The molecule has 0 aliphatic carbocycles. The van der Waals surface area contributed by atoms with Crippen molar-refractivity contribution in [2.45, 2.75) is 25.0 Å². The lowest BCUT2D eigenvalue weighted by Crippen LogP contribution is -2.44. The van der Waals surface area contributed by atoms with E-state index in [1.807, 2.05) is 0 Å². The third-order valence-corrected chi connectivity index (χ3v) is 1.76. The molecule has 2 amide bonds. The molecule has 0 aromatic heterocycles. The van der Waals surface area contributed by atoms with Crippen LogP contribution in [0.15, 0.2) is 0 Å². The van der Waals surface area contributed by atoms with E-state index < -0.39 is 29.9 Å². The van der Waals surface area contributed by atoms with Gasteiger partial charge in [0.1, 0.15) is 0 Å². The number of amides is 2. The zero-order valence-electron chi connectivity index (χ0n) is 8.55. The molecule has 8 nitrogen and oxygen atoms in total. The summed E-state index contributed by atoms with van der Waals surface area (Å²) in [6, 6.07) is -1.06. The van der Waals surface area contributed by atoms with Gasteiger partial charge in [0.25, 0.3) is 0 Å². The van der Waals surface area contributed by atoms with E-state index in [9.17, 15) is 14.4 Å². The highest BCUT2D eigenvalue weighted by molar-refractivity contribution is 5.87.